The SMILES string of the molecule is CCCCCCNC(=O)/C=C(\C)c1cc2c(-c3ccccc3)coc2cc1OCC. The lowest BCUT2D eigenvalue weighted by atomic mass is 9.99. The smallest absolute Gasteiger partial charge is 0.244 e. The number of ether oxygens (including phenoxy) is 1. The standard InChI is InChI=1S/C26H31NO3/c1-4-6-7-11-14-27-26(28)15-19(3)21-16-22-23(20-12-9-8-10-13-20)18-30-25(22)17-24(21)29-5-2/h8-10,12-13,15-18H,4-7,11,14H2,1-3H3,(H,27,28)/b19-15+. The lowest BCUT2D eigenvalue weighted by Crippen LogP contribution is -2.22. The molecule has 0 aliphatic carbocycles. The van der Waals surface area contributed by atoms with Gasteiger partial charge in [0.05, 0.1) is 12.9 Å². The van der Waals surface area contributed by atoms with E-state index in [0.29, 0.717) is 13.2 Å². The van der Waals surface area contributed by atoms with Gasteiger partial charge in [0, 0.05) is 35.2 Å². The first-order valence-electron chi connectivity index (χ1n) is 10.8. The quantitative estimate of drug-likeness (QED) is 0.305. The zero-order chi connectivity index (χ0) is 21.3. The van der Waals surface area contributed by atoms with Crippen LogP contribution >= 0.6 is 0 Å². The van der Waals surface area contributed by atoms with E-state index >= 15 is 0 Å². The lowest BCUT2D eigenvalue weighted by molar-refractivity contribution is -0.116. The first-order chi connectivity index (χ1) is 14.6. The van der Waals surface area contributed by atoms with Crippen LogP contribution in [0.1, 0.15) is 52.0 Å². The Morgan fingerprint density at radius 3 is 2.63 bits per heavy atom. The molecule has 3 rings (SSSR count). The first-order valence-corrected chi connectivity index (χ1v) is 10.8. The molecule has 0 saturated carbocycles. The maximum Gasteiger partial charge on any atom is 0.244 e. The van der Waals surface area contributed by atoms with Crippen molar-refractivity contribution in [2.75, 3.05) is 13.2 Å². The van der Waals surface area contributed by atoms with E-state index in [0.717, 1.165) is 51.8 Å². The van der Waals surface area contributed by atoms with Crippen LogP contribution in [0.25, 0.3) is 27.7 Å². The van der Waals surface area contributed by atoms with Crippen molar-refractivity contribution in [2.45, 2.75) is 46.5 Å². The summed E-state index contributed by atoms with van der Waals surface area (Å²) in [6.07, 6.45) is 7.99. The van der Waals surface area contributed by atoms with Gasteiger partial charge in [-0.25, -0.2) is 0 Å². The van der Waals surface area contributed by atoms with E-state index in [1.165, 1.54) is 12.8 Å². The Labute approximate surface area is 178 Å². The Hall–Kier alpha value is -3.01. The fourth-order valence-corrected chi connectivity index (χ4v) is 3.57. The summed E-state index contributed by atoms with van der Waals surface area (Å²) in [6, 6.07) is 14.1. The van der Waals surface area contributed by atoms with Crippen molar-refractivity contribution in [3.8, 4) is 16.9 Å². The first kappa shape index (κ1) is 21.7. The molecule has 1 heterocycles. The molecule has 1 aromatic heterocycles. The van der Waals surface area contributed by atoms with Gasteiger partial charge in [0.25, 0.3) is 0 Å². The molecule has 0 atom stereocenters. The van der Waals surface area contributed by atoms with E-state index in [4.69, 9.17) is 9.15 Å². The number of hydrogen-bond donors (Lipinski definition) is 1. The van der Waals surface area contributed by atoms with Gasteiger partial charge in [-0.05, 0) is 37.5 Å². The van der Waals surface area contributed by atoms with Gasteiger partial charge in [0.2, 0.25) is 5.91 Å². The molecular weight excluding hydrogens is 374 g/mol. The summed E-state index contributed by atoms with van der Waals surface area (Å²) in [6.45, 7) is 7.33. The van der Waals surface area contributed by atoms with Crippen LogP contribution in [0.5, 0.6) is 5.75 Å². The Balaban J connectivity index is 1.88. The average Bonchev–Trinajstić information content (AvgIpc) is 3.16. The van der Waals surface area contributed by atoms with Gasteiger partial charge in [0.1, 0.15) is 11.3 Å². The van der Waals surface area contributed by atoms with Crippen LogP contribution in [-0.4, -0.2) is 19.1 Å². The molecule has 2 aromatic carbocycles. The summed E-state index contributed by atoms with van der Waals surface area (Å²) in [5.41, 5.74) is 4.67. The minimum Gasteiger partial charge on any atom is -0.493 e. The van der Waals surface area contributed by atoms with Crippen LogP contribution in [0.4, 0.5) is 0 Å². The number of rotatable bonds is 10. The second kappa shape index (κ2) is 10.7. The van der Waals surface area contributed by atoms with Crippen molar-refractivity contribution >= 4 is 22.4 Å². The highest BCUT2D eigenvalue weighted by Crippen LogP contribution is 2.37. The molecule has 30 heavy (non-hydrogen) atoms. The number of allylic oxidation sites excluding steroid dienone is 1. The highest BCUT2D eigenvalue weighted by Gasteiger charge is 2.15. The molecule has 0 radical (unpaired) electrons. The highest BCUT2D eigenvalue weighted by atomic mass is 16.5. The van der Waals surface area contributed by atoms with Gasteiger partial charge < -0.3 is 14.5 Å². The van der Waals surface area contributed by atoms with Crippen molar-refractivity contribution in [1.82, 2.24) is 5.32 Å². The largest absolute Gasteiger partial charge is 0.493 e. The molecular formula is C26H31NO3. The van der Waals surface area contributed by atoms with E-state index in [1.54, 1.807) is 12.3 Å². The lowest BCUT2D eigenvalue weighted by Gasteiger charge is -2.12. The molecule has 1 N–H and O–H groups in total. The highest BCUT2D eigenvalue weighted by molar-refractivity contribution is 6.00. The zero-order valence-electron chi connectivity index (χ0n) is 18.2. The molecule has 0 fully saturated rings. The topological polar surface area (TPSA) is 51.5 Å². The Morgan fingerprint density at radius 2 is 1.90 bits per heavy atom. The molecule has 1 amide bonds. The number of amides is 1. The van der Waals surface area contributed by atoms with Gasteiger partial charge in [-0.3, -0.25) is 4.79 Å². The van der Waals surface area contributed by atoms with Crippen molar-refractivity contribution < 1.29 is 13.9 Å². The third-order valence-electron chi connectivity index (χ3n) is 5.16. The summed E-state index contributed by atoms with van der Waals surface area (Å²) in [5, 5.41) is 4.00. The van der Waals surface area contributed by atoms with E-state index in [9.17, 15) is 4.79 Å². The van der Waals surface area contributed by atoms with Gasteiger partial charge in [-0.15, -0.1) is 0 Å². The maximum atomic E-state index is 12.4. The Bertz CT molecular complexity index is 1000. The summed E-state index contributed by atoms with van der Waals surface area (Å²) < 4.78 is 11.7. The number of unbranched alkanes of at least 4 members (excludes halogenated alkanes) is 3. The number of furan rings is 1. The maximum absolute atomic E-state index is 12.4. The molecule has 0 spiro atoms. The Morgan fingerprint density at radius 1 is 1.10 bits per heavy atom. The van der Waals surface area contributed by atoms with Crippen LogP contribution in [-0.2, 0) is 4.79 Å². The summed E-state index contributed by atoms with van der Waals surface area (Å²) in [5.74, 6) is 0.658. The van der Waals surface area contributed by atoms with E-state index in [2.05, 4.69) is 30.4 Å². The molecule has 0 unspecified atom stereocenters. The number of benzene rings is 2. The molecule has 0 saturated heterocycles. The van der Waals surface area contributed by atoms with Crippen molar-refractivity contribution in [2.24, 2.45) is 0 Å². The number of carbonyl (C=O) groups excluding carboxylic acids is 1. The van der Waals surface area contributed by atoms with Gasteiger partial charge >= 0.3 is 0 Å². The molecule has 0 aliphatic heterocycles. The van der Waals surface area contributed by atoms with Crippen molar-refractivity contribution in [3.05, 3.63) is 60.4 Å². The van der Waals surface area contributed by atoms with Gasteiger partial charge in [-0.1, -0.05) is 56.5 Å². The number of nitrogens with one attached hydrogen (secondary N) is 1. The van der Waals surface area contributed by atoms with Crippen molar-refractivity contribution in [1.29, 1.82) is 0 Å². The second-order valence-electron chi connectivity index (χ2n) is 7.47. The molecule has 0 bridgehead atoms. The number of carbonyl (C=O) groups is 1. The van der Waals surface area contributed by atoms with Crippen LogP contribution in [0.2, 0.25) is 0 Å². The van der Waals surface area contributed by atoms with Crippen LogP contribution < -0.4 is 10.1 Å². The molecule has 0 aliphatic rings. The molecule has 4 heteroatoms. The second-order valence-corrected chi connectivity index (χ2v) is 7.47. The van der Waals surface area contributed by atoms with Crippen LogP contribution in [0.3, 0.4) is 0 Å². The van der Waals surface area contributed by atoms with Gasteiger partial charge in [0.15, 0.2) is 0 Å². The minimum atomic E-state index is -0.0676. The summed E-state index contributed by atoms with van der Waals surface area (Å²) >= 11 is 0. The predicted octanol–water partition coefficient (Wildman–Crippen LogP) is 6.60. The molecule has 4 nitrogen and oxygen atoms in total. The third-order valence-corrected chi connectivity index (χ3v) is 5.16. The predicted molar refractivity (Wildman–Crippen MR) is 124 cm³/mol. The van der Waals surface area contributed by atoms with E-state index < -0.39 is 0 Å². The summed E-state index contributed by atoms with van der Waals surface area (Å²) in [4.78, 5) is 12.4. The molecule has 3 aromatic rings. The summed E-state index contributed by atoms with van der Waals surface area (Å²) in [7, 11) is 0. The minimum absolute atomic E-state index is 0.0676. The Kier molecular flexibility index (Phi) is 7.72. The number of fused-ring (bicyclic) bond motifs is 1. The van der Waals surface area contributed by atoms with E-state index in [1.807, 2.05) is 38.1 Å². The zero-order valence-corrected chi connectivity index (χ0v) is 18.2. The van der Waals surface area contributed by atoms with E-state index in [-0.39, 0.29) is 5.91 Å². The van der Waals surface area contributed by atoms with Crippen LogP contribution in [0.15, 0.2) is 59.2 Å². The monoisotopic (exact) mass is 405 g/mol. The molecule has 158 valence electrons. The van der Waals surface area contributed by atoms with Crippen LogP contribution in [0, 0.1) is 0 Å². The fourth-order valence-electron chi connectivity index (χ4n) is 3.57. The van der Waals surface area contributed by atoms with Crippen molar-refractivity contribution in [3.63, 3.8) is 0 Å². The normalized spacial score (nSPS) is 11.6. The fraction of sp³-hybridized carbons (Fsp3) is 0.346. The average molecular weight is 406 g/mol. The third kappa shape index (κ3) is 5.32. The number of hydrogen-bond acceptors (Lipinski definition) is 3. The van der Waals surface area contributed by atoms with Gasteiger partial charge in [-0.2, -0.15) is 0 Å².